The van der Waals surface area contributed by atoms with Crippen molar-refractivity contribution in [3.8, 4) is 11.5 Å². The number of nitrogens with zero attached hydrogens (tertiary/aromatic N) is 2. The average molecular weight is 344 g/mol. The van der Waals surface area contributed by atoms with Gasteiger partial charge in [0.15, 0.2) is 11.5 Å². The summed E-state index contributed by atoms with van der Waals surface area (Å²) in [5.74, 6) is 0.920. The second-order valence-electron chi connectivity index (χ2n) is 5.26. The quantitative estimate of drug-likeness (QED) is 0.724. The maximum atomic E-state index is 12.8. The van der Waals surface area contributed by atoms with Gasteiger partial charge >= 0.3 is 0 Å². The average Bonchev–Trinajstić information content (AvgIpc) is 2.59. The van der Waals surface area contributed by atoms with E-state index in [1.165, 1.54) is 24.6 Å². The lowest BCUT2D eigenvalue weighted by molar-refractivity contribution is 0.123. The van der Waals surface area contributed by atoms with Crippen LogP contribution in [0.5, 0.6) is 11.5 Å². The van der Waals surface area contributed by atoms with E-state index in [-0.39, 0.29) is 4.90 Å². The monoisotopic (exact) mass is 344 g/mol. The van der Waals surface area contributed by atoms with E-state index in [0.29, 0.717) is 44.3 Å². The van der Waals surface area contributed by atoms with Crippen molar-refractivity contribution < 1.29 is 22.6 Å². The molecule has 7 nitrogen and oxygen atoms in total. The zero-order valence-electron chi connectivity index (χ0n) is 13.8. The van der Waals surface area contributed by atoms with Crippen LogP contribution in [0.1, 0.15) is 0 Å². The van der Waals surface area contributed by atoms with Crippen LogP contribution in [0.25, 0.3) is 0 Å². The molecule has 0 spiro atoms. The standard InChI is InChI=1S/C15H24N2O5S/c1-20-11-10-16-6-8-17(9-7-16)23(18,19)13-4-5-14(21-2)15(12-13)22-3/h4-5,12H,6-11H2,1-3H3. The van der Waals surface area contributed by atoms with Gasteiger partial charge in [-0.2, -0.15) is 4.31 Å². The van der Waals surface area contributed by atoms with Gasteiger partial charge in [-0.25, -0.2) is 8.42 Å². The molecule has 0 amide bonds. The van der Waals surface area contributed by atoms with E-state index in [0.717, 1.165) is 6.54 Å². The van der Waals surface area contributed by atoms with E-state index in [2.05, 4.69) is 4.90 Å². The third-order valence-corrected chi connectivity index (χ3v) is 5.83. The first-order chi connectivity index (χ1) is 11.0. The number of methoxy groups -OCH3 is 3. The molecule has 0 unspecified atom stereocenters. The predicted molar refractivity (Wildman–Crippen MR) is 86.6 cm³/mol. The molecule has 1 saturated heterocycles. The topological polar surface area (TPSA) is 68.3 Å². The number of sulfonamides is 1. The highest BCUT2D eigenvalue weighted by molar-refractivity contribution is 7.89. The Morgan fingerprint density at radius 3 is 2.22 bits per heavy atom. The molecule has 0 radical (unpaired) electrons. The maximum Gasteiger partial charge on any atom is 0.243 e. The molecule has 1 aromatic rings. The van der Waals surface area contributed by atoms with Crippen molar-refractivity contribution in [1.82, 2.24) is 9.21 Å². The molecule has 130 valence electrons. The highest BCUT2D eigenvalue weighted by atomic mass is 32.2. The van der Waals surface area contributed by atoms with Crippen LogP contribution in [0, 0.1) is 0 Å². The Bertz CT molecular complexity index is 612. The molecule has 2 rings (SSSR count). The summed E-state index contributed by atoms with van der Waals surface area (Å²) in [7, 11) is 1.15. The molecular weight excluding hydrogens is 320 g/mol. The SMILES string of the molecule is COCCN1CCN(S(=O)(=O)c2ccc(OC)c(OC)c2)CC1. The van der Waals surface area contributed by atoms with Crippen LogP contribution < -0.4 is 9.47 Å². The third kappa shape index (κ3) is 4.14. The third-order valence-electron chi connectivity index (χ3n) is 3.94. The molecule has 0 aliphatic carbocycles. The molecule has 0 saturated carbocycles. The molecule has 1 aromatic carbocycles. The Hall–Kier alpha value is -1.35. The summed E-state index contributed by atoms with van der Waals surface area (Å²) in [5, 5.41) is 0. The number of ether oxygens (including phenoxy) is 3. The molecule has 23 heavy (non-hydrogen) atoms. The molecule has 1 aliphatic heterocycles. The van der Waals surface area contributed by atoms with Crippen LogP contribution in [0.2, 0.25) is 0 Å². The van der Waals surface area contributed by atoms with Gasteiger partial charge in [0, 0.05) is 45.9 Å². The number of piperazine rings is 1. The maximum absolute atomic E-state index is 12.8. The number of hydrogen-bond acceptors (Lipinski definition) is 6. The smallest absolute Gasteiger partial charge is 0.243 e. The Morgan fingerprint density at radius 2 is 1.65 bits per heavy atom. The summed E-state index contributed by atoms with van der Waals surface area (Å²) < 4.78 is 42.4. The summed E-state index contributed by atoms with van der Waals surface area (Å²) in [6, 6.07) is 4.67. The lowest BCUT2D eigenvalue weighted by atomic mass is 10.3. The van der Waals surface area contributed by atoms with E-state index in [1.807, 2.05) is 0 Å². The molecule has 1 aliphatic rings. The Balaban J connectivity index is 2.10. The second kappa shape index (κ2) is 7.96. The van der Waals surface area contributed by atoms with Crippen molar-refractivity contribution in [1.29, 1.82) is 0 Å². The van der Waals surface area contributed by atoms with Gasteiger partial charge in [0.05, 0.1) is 25.7 Å². The van der Waals surface area contributed by atoms with Gasteiger partial charge in [0.2, 0.25) is 10.0 Å². The van der Waals surface area contributed by atoms with Crippen molar-refractivity contribution in [2.24, 2.45) is 0 Å². The van der Waals surface area contributed by atoms with Crippen molar-refractivity contribution >= 4 is 10.0 Å². The van der Waals surface area contributed by atoms with Gasteiger partial charge < -0.3 is 14.2 Å². The van der Waals surface area contributed by atoms with Crippen LogP contribution in [0.4, 0.5) is 0 Å². The van der Waals surface area contributed by atoms with Crippen LogP contribution in [0.3, 0.4) is 0 Å². The van der Waals surface area contributed by atoms with Gasteiger partial charge in [0.1, 0.15) is 0 Å². The second-order valence-corrected chi connectivity index (χ2v) is 7.19. The number of hydrogen-bond donors (Lipinski definition) is 0. The number of benzene rings is 1. The van der Waals surface area contributed by atoms with Crippen molar-refractivity contribution in [3.63, 3.8) is 0 Å². The zero-order chi connectivity index (χ0) is 16.9. The molecular formula is C15H24N2O5S. The molecule has 1 fully saturated rings. The van der Waals surface area contributed by atoms with Crippen LogP contribution in [-0.4, -0.2) is 78.3 Å². The Kier molecular flexibility index (Phi) is 6.23. The molecule has 8 heteroatoms. The lowest BCUT2D eigenvalue weighted by Gasteiger charge is -2.33. The minimum atomic E-state index is -3.52. The molecule has 0 N–H and O–H groups in total. The summed E-state index contributed by atoms with van der Waals surface area (Å²) >= 11 is 0. The summed E-state index contributed by atoms with van der Waals surface area (Å²) in [4.78, 5) is 2.42. The minimum absolute atomic E-state index is 0.223. The van der Waals surface area contributed by atoms with Crippen molar-refractivity contribution in [2.75, 3.05) is 60.7 Å². The van der Waals surface area contributed by atoms with Gasteiger partial charge in [0.25, 0.3) is 0 Å². The first-order valence-corrected chi connectivity index (χ1v) is 8.90. The zero-order valence-corrected chi connectivity index (χ0v) is 14.6. The van der Waals surface area contributed by atoms with E-state index in [1.54, 1.807) is 19.2 Å². The predicted octanol–water partition coefficient (Wildman–Crippen LogP) is 0.657. The normalized spacial score (nSPS) is 17.2. The van der Waals surface area contributed by atoms with Crippen LogP contribution >= 0.6 is 0 Å². The Morgan fingerprint density at radius 1 is 1.00 bits per heavy atom. The molecule has 1 heterocycles. The van der Waals surface area contributed by atoms with E-state index < -0.39 is 10.0 Å². The summed E-state index contributed by atoms with van der Waals surface area (Å²) in [6.45, 7) is 3.83. The van der Waals surface area contributed by atoms with Crippen LogP contribution in [-0.2, 0) is 14.8 Å². The fourth-order valence-electron chi connectivity index (χ4n) is 2.54. The molecule has 0 aromatic heterocycles. The summed E-state index contributed by atoms with van der Waals surface area (Å²) in [6.07, 6.45) is 0. The van der Waals surface area contributed by atoms with Crippen LogP contribution in [0.15, 0.2) is 23.1 Å². The largest absolute Gasteiger partial charge is 0.493 e. The minimum Gasteiger partial charge on any atom is -0.493 e. The fraction of sp³-hybridized carbons (Fsp3) is 0.600. The molecule has 0 atom stereocenters. The highest BCUT2D eigenvalue weighted by Crippen LogP contribution is 2.30. The van der Waals surface area contributed by atoms with E-state index in [4.69, 9.17) is 14.2 Å². The van der Waals surface area contributed by atoms with Gasteiger partial charge in [-0.3, -0.25) is 4.90 Å². The summed E-state index contributed by atoms with van der Waals surface area (Å²) in [5.41, 5.74) is 0. The van der Waals surface area contributed by atoms with Crippen molar-refractivity contribution in [3.05, 3.63) is 18.2 Å². The first-order valence-electron chi connectivity index (χ1n) is 7.46. The molecule has 0 bridgehead atoms. The van der Waals surface area contributed by atoms with Gasteiger partial charge in [-0.15, -0.1) is 0 Å². The number of rotatable bonds is 7. The van der Waals surface area contributed by atoms with Gasteiger partial charge in [-0.05, 0) is 12.1 Å². The van der Waals surface area contributed by atoms with E-state index in [9.17, 15) is 8.42 Å². The highest BCUT2D eigenvalue weighted by Gasteiger charge is 2.29. The lowest BCUT2D eigenvalue weighted by Crippen LogP contribution is -2.49. The van der Waals surface area contributed by atoms with E-state index >= 15 is 0 Å². The first kappa shape index (κ1) is 18.0. The Labute approximate surface area is 137 Å². The van der Waals surface area contributed by atoms with Gasteiger partial charge in [-0.1, -0.05) is 0 Å². The van der Waals surface area contributed by atoms with Crippen molar-refractivity contribution in [2.45, 2.75) is 4.90 Å². The fourth-order valence-corrected chi connectivity index (χ4v) is 3.98.